The molecule has 3 amide bonds. The maximum atomic E-state index is 11.7. The highest BCUT2D eigenvalue weighted by atomic mass is 16.5. The van der Waals surface area contributed by atoms with E-state index in [9.17, 15) is 9.59 Å². The fourth-order valence-electron chi connectivity index (χ4n) is 1.57. The number of nitrogens with two attached hydrogens (primary N) is 2. The van der Waals surface area contributed by atoms with Crippen molar-refractivity contribution in [3.63, 3.8) is 0 Å². The van der Waals surface area contributed by atoms with Crippen molar-refractivity contribution < 1.29 is 19.2 Å². The molecular formula is C15H19N7O4. The van der Waals surface area contributed by atoms with Crippen LogP contribution in [-0.4, -0.2) is 33.8 Å². The third-order valence-electron chi connectivity index (χ3n) is 2.66. The molecule has 26 heavy (non-hydrogen) atoms. The molecule has 7 N–H and O–H groups in total. The van der Waals surface area contributed by atoms with Crippen LogP contribution in [0.4, 0.5) is 10.5 Å². The SMILES string of the molecule is CC(N)=O.N#Cc1cccc(NC(=O)NCc2nc(C(N)CO)no2)c1. The monoisotopic (exact) mass is 361 g/mol. The summed E-state index contributed by atoms with van der Waals surface area (Å²) < 4.78 is 4.89. The topological polar surface area (TPSA) is 193 Å². The third kappa shape index (κ3) is 7.39. The van der Waals surface area contributed by atoms with Crippen LogP contribution in [0.3, 0.4) is 0 Å². The number of nitrogens with one attached hydrogen (secondary N) is 2. The molecular weight excluding hydrogens is 342 g/mol. The molecule has 1 atom stereocenters. The number of nitrogens with zero attached hydrogens (tertiary/aromatic N) is 3. The van der Waals surface area contributed by atoms with Crippen LogP contribution >= 0.6 is 0 Å². The van der Waals surface area contributed by atoms with Crippen LogP contribution in [0.2, 0.25) is 0 Å². The van der Waals surface area contributed by atoms with Gasteiger partial charge in [0.15, 0.2) is 5.82 Å². The average molecular weight is 361 g/mol. The molecule has 0 spiro atoms. The molecule has 1 aromatic heterocycles. The van der Waals surface area contributed by atoms with E-state index in [-0.39, 0.29) is 30.8 Å². The number of aromatic nitrogens is 2. The van der Waals surface area contributed by atoms with Gasteiger partial charge in [0, 0.05) is 12.6 Å². The number of primary amides is 1. The van der Waals surface area contributed by atoms with Crippen molar-refractivity contribution in [3.05, 3.63) is 41.5 Å². The van der Waals surface area contributed by atoms with Crippen molar-refractivity contribution in [2.75, 3.05) is 11.9 Å². The van der Waals surface area contributed by atoms with E-state index in [0.29, 0.717) is 11.3 Å². The lowest BCUT2D eigenvalue weighted by molar-refractivity contribution is -0.115. The van der Waals surface area contributed by atoms with E-state index in [1.165, 1.54) is 6.92 Å². The molecule has 0 fully saturated rings. The van der Waals surface area contributed by atoms with Gasteiger partial charge in [-0.2, -0.15) is 10.2 Å². The Labute approximate surface area is 149 Å². The molecule has 0 saturated carbocycles. The number of rotatable bonds is 5. The fraction of sp³-hybridized carbons (Fsp3) is 0.267. The smallest absolute Gasteiger partial charge is 0.319 e. The summed E-state index contributed by atoms with van der Waals surface area (Å²) in [5.74, 6) is 0.00116. The number of nitriles is 1. The summed E-state index contributed by atoms with van der Waals surface area (Å²) in [5.41, 5.74) is 10.9. The molecule has 1 unspecified atom stereocenters. The van der Waals surface area contributed by atoms with Crippen LogP contribution in [0, 0.1) is 11.3 Å². The first-order valence-corrected chi connectivity index (χ1v) is 7.35. The summed E-state index contributed by atoms with van der Waals surface area (Å²) in [6.07, 6.45) is 0. The Bertz CT molecular complexity index is 780. The van der Waals surface area contributed by atoms with Crippen molar-refractivity contribution in [1.29, 1.82) is 5.26 Å². The maximum Gasteiger partial charge on any atom is 0.319 e. The van der Waals surface area contributed by atoms with Gasteiger partial charge in [-0.15, -0.1) is 0 Å². The lowest BCUT2D eigenvalue weighted by Crippen LogP contribution is -2.28. The van der Waals surface area contributed by atoms with Gasteiger partial charge in [0.25, 0.3) is 0 Å². The molecule has 1 heterocycles. The summed E-state index contributed by atoms with van der Waals surface area (Å²) in [6, 6.07) is 7.27. The number of aliphatic hydroxyl groups is 1. The van der Waals surface area contributed by atoms with E-state index in [1.54, 1.807) is 24.3 Å². The molecule has 2 rings (SSSR count). The van der Waals surface area contributed by atoms with E-state index >= 15 is 0 Å². The number of aliphatic hydroxyl groups excluding tert-OH is 1. The largest absolute Gasteiger partial charge is 0.394 e. The van der Waals surface area contributed by atoms with Gasteiger partial charge in [-0.1, -0.05) is 11.2 Å². The second kappa shape index (κ2) is 10.4. The molecule has 0 radical (unpaired) electrons. The molecule has 0 aliphatic carbocycles. The maximum absolute atomic E-state index is 11.7. The Balaban J connectivity index is 0.000000765. The molecule has 2 aromatic rings. The van der Waals surface area contributed by atoms with Crippen molar-refractivity contribution >= 4 is 17.6 Å². The van der Waals surface area contributed by atoms with Crippen molar-refractivity contribution in [3.8, 4) is 6.07 Å². The highest BCUT2D eigenvalue weighted by Crippen LogP contribution is 2.09. The number of amides is 3. The number of hydrogen-bond donors (Lipinski definition) is 5. The van der Waals surface area contributed by atoms with Crippen molar-refractivity contribution in [2.45, 2.75) is 19.5 Å². The summed E-state index contributed by atoms with van der Waals surface area (Å²) >= 11 is 0. The first-order chi connectivity index (χ1) is 12.3. The second-order valence-electron chi connectivity index (χ2n) is 4.95. The molecule has 0 aliphatic rings. The minimum absolute atomic E-state index is 0.00885. The normalized spacial score (nSPS) is 10.7. The standard InChI is InChI=1S/C13H14N6O3.C2H5NO/c14-5-8-2-1-3-9(4-8)17-13(21)16-6-11-18-12(19-22-11)10(15)7-20;1-2(3)4/h1-4,10,20H,6-7,15H2,(H2,16,17,21);1H3,(H2,3,4). The molecule has 0 saturated heterocycles. The Morgan fingerprint density at radius 2 is 2.15 bits per heavy atom. The fourth-order valence-corrected chi connectivity index (χ4v) is 1.57. The first kappa shape index (κ1) is 20.6. The number of anilines is 1. The zero-order chi connectivity index (χ0) is 19.5. The van der Waals surface area contributed by atoms with Gasteiger partial charge in [-0.25, -0.2) is 4.79 Å². The Morgan fingerprint density at radius 3 is 2.77 bits per heavy atom. The molecule has 0 aliphatic heterocycles. The van der Waals surface area contributed by atoms with Gasteiger partial charge in [-0.05, 0) is 18.2 Å². The number of urea groups is 1. The van der Waals surface area contributed by atoms with Gasteiger partial charge >= 0.3 is 6.03 Å². The van der Waals surface area contributed by atoms with Gasteiger partial charge in [0.05, 0.1) is 30.8 Å². The minimum Gasteiger partial charge on any atom is -0.394 e. The van der Waals surface area contributed by atoms with Gasteiger partial charge in [-0.3, -0.25) is 4.79 Å². The van der Waals surface area contributed by atoms with Crippen LogP contribution in [0.5, 0.6) is 0 Å². The highest BCUT2D eigenvalue weighted by Gasteiger charge is 2.13. The van der Waals surface area contributed by atoms with Crippen LogP contribution in [0.15, 0.2) is 28.8 Å². The Morgan fingerprint density at radius 1 is 1.46 bits per heavy atom. The van der Waals surface area contributed by atoms with Gasteiger partial charge < -0.3 is 31.7 Å². The average Bonchev–Trinajstić information content (AvgIpc) is 3.08. The lowest BCUT2D eigenvalue weighted by Gasteiger charge is -2.05. The van der Waals surface area contributed by atoms with Crippen LogP contribution in [-0.2, 0) is 11.3 Å². The van der Waals surface area contributed by atoms with Crippen LogP contribution < -0.4 is 22.1 Å². The summed E-state index contributed by atoms with van der Waals surface area (Å²) in [4.78, 5) is 24.9. The van der Waals surface area contributed by atoms with E-state index in [4.69, 9.17) is 20.6 Å². The molecule has 138 valence electrons. The summed E-state index contributed by atoms with van der Waals surface area (Å²) in [7, 11) is 0. The zero-order valence-electron chi connectivity index (χ0n) is 14.0. The molecule has 11 heteroatoms. The van der Waals surface area contributed by atoms with E-state index in [2.05, 4.69) is 26.5 Å². The summed E-state index contributed by atoms with van der Waals surface area (Å²) in [5, 5.41) is 26.3. The third-order valence-corrected chi connectivity index (χ3v) is 2.66. The molecule has 0 bridgehead atoms. The van der Waals surface area contributed by atoms with Crippen LogP contribution in [0.25, 0.3) is 0 Å². The van der Waals surface area contributed by atoms with E-state index < -0.39 is 12.1 Å². The van der Waals surface area contributed by atoms with E-state index in [0.717, 1.165) is 0 Å². The number of benzene rings is 1. The predicted molar refractivity (Wildman–Crippen MR) is 90.2 cm³/mol. The Kier molecular flexibility index (Phi) is 8.21. The second-order valence-corrected chi connectivity index (χ2v) is 4.95. The van der Waals surface area contributed by atoms with Crippen LogP contribution in [0.1, 0.15) is 30.2 Å². The minimum atomic E-state index is -0.722. The number of carbonyl (C=O) groups excluding carboxylic acids is 2. The predicted octanol–water partition coefficient (Wildman–Crippen LogP) is -0.253. The first-order valence-electron chi connectivity index (χ1n) is 7.35. The number of carbonyl (C=O) groups is 2. The quantitative estimate of drug-likeness (QED) is 0.480. The zero-order valence-corrected chi connectivity index (χ0v) is 14.0. The molecule has 11 nitrogen and oxygen atoms in total. The lowest BCUT2D eigenvalue weighted by atomic mass is 10.2. The highest BCUT2D eigenvalue weighted by molar-refractivity contribution is 5.89. The summed E-state index contributed by atoms with van der Waals surface area (Å²) in [6.45, 7) is 1.01. The Hall–Kier alpha value is -3.49. The number of hydrogen-bond acceptors (Lipinski definition) is 8. The van der Waals surface area contributed by atoms with Crippen molar-refractivity contribution in [1.82, 2.24) is 15.5 Å². The van der Waals surface area contributed by atoms with E-state index in [1.807, 2.05) is 6.07 Å². The van der Waals surface area contributed by atoms with Crippen molar-refractivity contribution in [2.24, 2.45) is 11.5 Å². The molecule has 1 aromatic carbocycles. The van der Waals surface area contributed by atoms with Gasteiger partial charge in [0.1, 0.15) is 0 Å². The van der Waals surface area contributed by atoms with Gasteiger partial charge in [0.2, 0.25) is 11.8 Å².